The zero-order chi connectivity index (χ0) is 11.4. The van der Waals surface area contributed by atoms with Crippen LogP contribution in [0.3, 0.4) is 0 Å². The lowest BCUT2D eigenvalue weighted by molar-refractivity contribution is -0.0306. The third-order valence-corrected chi connectivity index (χ3v) is 2.65. The van der Waals surface area contributed by atoms with Crippen LogP contribution < -0.4 is 5.32 Å². The lowest BCUT2D eigenvalue weighted by atomic mass is 9.87. The van der Waals surface area contributed by atoms with Crippen LogP contribution in [-0.2, 0) is 0 Å². The molecule has 0 saturated heterocycles. The minimum atomic E-state index is -0.780. The standard InChI is InChI=1S/C11H25NO2/c1-8(2)11(5,14)6-10(13)7-12-9(3)4/h8-10,12-14H,6-7H2,1-5H3/t10-,11+/m0/s1. The first kappa shape index (κ1) is 13.9. The summed E-state index contributed by atoms with van der Waals surface area (Å²) >= 11 is 0. The molecule has 0 radical (unpaired) electrons. The van der Waals surface area contributed by atoms with Crippen LogP contribution in [0.1, 0.15) is 41.0 Å². The van der Waals surface area contributed by atoms with Crippen LogP contribution >= 0.6 is 0 Å². The maximum atomic E-state index is 9.94. The van der Waals surface area contributed by atoms with Crippen molar-refractivity contribution >= 4 is 0 Å². The van der Waals surface area contributed by atoms with Gasteiger partial charge in [0.25, 0.3) is 0 Å². The van der Waals surface area contributed by atoms with Crippen LogP contribution in [0.15, 0.2) is 0 Å². The van der Waals surface area contributed by atoms with Crippen molar-refractivity contribution in [3.8, 4) is 0 Å². The highest BCUT2D eigenvalue weighted by Gasteiger charge is 2.27. The van der Waals surface area contributed by atoms with Gasteiger partial charge in [0.15, 0.2) is 0 Å². The fourth-order valence-electron chi connectivity index (χ4n) is 1.16. The van der Waals surface area contributed by atoms with Crippen LogP contribution in [0.2, 0.25) is 0 Å². The second-order valence-electron chi connectivity index (χ2n) is 4.93. The van der Waals surface area contributed by atoms with Crippen molar-refractivity contribution < 1.29 is 10.2 Å². The molecule has 0 fully saturated rings. The molecule has 0 aromatic heterocycles. The van der Waals surface area contributed by atoms with Crippen molar-refractivity contribution in [3.63, 3.8) is 0 Å². The van der Waals surface area contributed by atoms with Crippen LogP contribution in [0.25, 0.3) is 0 Å². The molecule has 0 aliphatic carbocycles. The van der Waals surface area contributed by atoms with E-state index >= 15 is 0 Å². The predicted octanol–water partition coefficient (Wildman–Crippen LogP) is 1.14. The van der Waals surface area contributed by atoms with E-state index in [4.69, 9.17) is 0 Å². The topological polar surface area (TPSA) is 52.5 Å². The van der Waals surface area contributed by atoms with Crippen molar-refractivity contribution in [2.45, 2.75) is 58.8 Å². The van der Waals surface area contributed by atoms with Crippen molar-refractivity contribution in [3.05, 3.63) is 0 Å². The molecule has 3 heteroatoms. The van der Waals surface area contributed by atoms with Crippen molar-refractivity contribution in [2.75, 3.05) is 6.54 Å². The summed E-state index contributed by atoms with van der Waals surface area (Å²) < 4.78 is 0. The highest BCUT2D eigenvalue weighted by atomic mass is 16.3. The van der Waals surface area contributed by atoms with E-state index in [1.807, 2.05) is 27.7 Å². The van der Waals surface area contributed by atoms with E-state index in [-0.39, 0.29) is 5.92 Å². The molecule has 14 heavy (non-hydrogen) atoms. The number of rotatable bonds is 6. The Kier molecular flexibility index (Phi) is 5.64. The molecular weight excluding hydrogens is 178 g/mol. The Morgan fingerprint density at radius 1 is 1.21 bits per heavy atom. The molecule has 3 N–H and O–H groups in total. The molecule has 86 valence electrons. The zero-order valence-electron chi connectivity index (χ0n) is 10.0. The Balaban J connectivity index is 3.87. The molecule has 0 saturated carbocycles. The van der Waals surface area contributed by atoms with E-state index in [0.717, 1.165) is 0 Å². The number of hydrogen-bond acceptors (Lipinski definition) is 3. The van der Waals surface area contributed by atoms with Crippen LogP contribution in [0.5, 0.6) is 0 Å². The number of aliphatic hydroxyl groups excluding tert-OH is 1. The van der Waals surface area contributed by atoms with E-state index in [9.17, 15) is 10.2 Å². The highest BCUT2D eigenvalue weighted by molar-refractivity contribution is 4.80. The Morgan fingerprint density at radius 2 is 1.71 bits per heavy atom. The Hall–Kier alpha value is -0.120. The molecule has 0 unspecified atom stereocenters. The maximum Gasteiger partial charge on any atom is 0.0692 e. The molecule has 0 bridgehead atoms. The van der Waals surface area contributed by atoms with Gasteiger partial charge in [0.2, 0.25) is 0 Å². The first-order valence-electron chi connectivity index (χ1n) is 5.39. The molecule has 0 rings (SSSR count). The molecule has 2 atom stereocenters. The summed E-state index contributed by atoms with van der Waals surface area (Å²) in [5.74, 6) is 0.163. The SMILES string of the molecule is CC(C)NC[C@@H](O)C[C@@](C)(O)C(C)C. The number of nitrogens with one attached hydrogen (secondary N) is 1. The van der Waals surface area contributed by atoms with E-state index in [2.05, 4.69) is 5.32 Å². The molecule has 0 aromatic carbocycles. The van der Waals surface area contributed by atoms with Gasteiger partial charge in [-0.1, -0.05) is 27.7 Å². The molecule has 0 amide bonds. The first-order chi connectivity index (χ1) is 6.25. The summed E-state index contributed by atoms with van der Waals surface area (Å²) in [6.45, 7) is 10.3. The van der Waals surface area contributed by atoms with Gasteiger partial charge in [0.05, 0.1) is 11.7 Å². The van der Waals surface area contributed by atoms with E-state index < -0.39 is 11.7 Å². The summed E-state index contributed by atoms with van der Waals surface area (Å²) in [5, 5.41) is 22.7. The van der Waals surface area contributed by atoms with Crippen molar-refractivity contribution in [1.82, 2.24) is 5.32 Å². The maximum absolute atomic E-state index is 9.94. The van der Waals surface area contributed by atoms with E-state index in [1.165, 1.54) is 0 Å². The zero-order valence-corrected chi connectivity index (χ0v) is 10.0. The van der Waals surface area contributed by atoms with Gasteiger partial charge in [-0.3, -0.25) is 0 Å². The van der Waals surface area contributed by atoms with E-state index in [1.54, 1.807) is 6.92 Å². The van der Waals surface area contributed by atoms with Gasteiger partial charge < -0.3 is 15.5 Å². The van der Waals surface area contributed by atoms with E-state index in [0.29, 0.717) is 19.0 Å². The molecule has 0 aliphatic heterocycles. The third kappa shape index (κ3) is 5.58. The number of aliphatic hydroxyl groups is 2. The molecule has 0 spiro atoms. The molecule has 0 aromatic rings. The smallest absolute Gasteiger partial charge is 0.0692 e. The first-order valence-corrected chi connectivity index (χ1v) is 5.39. The lowest BCUT2D eigenvalue weighted by Gasteiger charge is -2.30. The van der Waals surface area contributed by atoms with Crippen LogP contribution in [0, 0.1) is 5.92 Å². The average molecular weight is 203 g/mol. The lowest BCUT2D eigenvalue weighted by Crippen LogP contribution is -2.40. The minimum absolute atomic E-state index is 0.163. The van der Waals surface area contributed by atoms with Crippen LogP contribution in [-0.4, -0.2) is 34.5 Å². The van der Waals surface area contributed by atoms with Gasteiger partial charge in [-0.2, -0.15) is 0 Å². The van der Waals surface area contributed by atoms with Crippen molar-refractivity contribution in [1.29, 1.82) is 0 Å². The highest BCUT2D eigenvalue weighted by Crippen LogP contribution is 2.21. The molecule has 0 aliphatic rings. The Labute approximate surface area is 87.5 Å². The predicted molar refractivity (Wildman–Crippen MR) is 59.2 cm³/mol. The summed E-state index contributed by atoms with van der Waals surface area (Å²) in [6.07, 6.45) is -0.0560. The van der Waals surface area contributed by atoms with Gasteiger partial charge in [-0.15, -0.1) is 0 Å². The Bertz CT molecular complexity index is 155. The third-order valence-electron chi connectivity index (χ3n) is 2.65. The molecular formula is C11H25NO2. The van der Waals surface area contributed by atoms with Gasteiger partial charge in [0.1, 0.15) is 0 Å². The summed E-state index contributed by atoms with van der Waals surface area (Å²) in [5.41, 5.74) is -0.780. The van der Waals surface area contributed by atoms with Gasteiger partial charge in [-0.05, 0) is 12.8 Å². The second kappa shape index (κ2) is 5.69. The fraction of sp³-hybridized carbons (Fsp3) is 1.00. The summed E-state index contributed by atoms with van der Waals surface area (Å²) in [4.78, 5) is 0. The minimum Gasteiger partial charge on any atom is -0.392 e. The van der Waals surface area contributed by atoms with Gasteiger partial charge >= 0.3 is 0 Å². The second-order valence-corrected chi connectivity index (χ2v) is 4.93. The summed E-state index contributed by atoms with van der Waals surface area (Å²) in [7, 11) is 0. The number of hydrogen-bond donors (Lipinski definition) is 3. The van der Waals surface area contributed by atoms with Gasteiger partial charge in [0, 0.05) is 19.0 Å². The Morgan fingerprint density at radius 3 is 2.07 bits per heavy atom. The van der Waals surface area contributed by atoms with Gasteiger partial charge in [-0.25, -0.2) is 0 Å². The molecule has 3 nitrogen and oxygen atoms in total. The van der Waals surface area contributed by atoms with Crippen molar-refractivity contribution in [2.24, 2.45) is 5.92 Å². The normalized spacial score (nSPS) is 18.6. The molecule has 0 heterocycles. The van der Waals surface area contributed by atoms with Crippen LogP contribution in [0.4, 0.5) is 0 Å². The average Bonchev–Trinajstić information content (AvgIpc) is 1.99. The quantitative estimate of drug-likeness (QED) is 0.607. The largest absolute Gasteiger partial charge is 0.392 e. The fourth-order valence-corrected chi connectivity index (χ4v) is 1.16. The summed E-state index contributed by atoms with van der Waals surface area (Å²) in [6, 6.07) is 0.369. The monoisotopic (exact) mass is 203 g/mol.